The van der Waals surface area contributed by atoms with Crippen molar-refractivity contribution < 1.29 is 13.9 Å². The van der Waals surface area contributed by atoms with Gasteiger partial charge in [0.1, 0.15) is 12.3 Å². The maximum atomic E-state index is 12.1. The van der Waals surface area contributed by atoms with Crippen molar-refractivity contribution in [3.8, 4) is 17.1 Å². The molecule has 0 saturated carbocycles. The highest BCUT2D eigenvalue weighted by molar-refractivity contribution is 5.75. The Bertz CT molecular complexity index is 954. The molecule has 0 aliphatic heterocycles. The lowest BCUT2D eigenvalue weighted by Crippen LogP contribution is -2.30. The molecule has 0 bridgehead atoms. The predicted molar refractivity (Wildman–Crippen MR) is 98.0 cm³/mol. The zero-order valence-electron chi connectivity index (χ0n) is 14.7. The Balaban J connectivity index is 1.64. The molecule has 0 fully saturated rings. The van der Waals surface area contributed by atoms with E-state index in [1.54, 1.807) is 13.3 Å². The van der Waals surface area contributed by atoms with E-state index < -0.39 is 5.76 Å². The fourth-order valence-corrected chi connectivity index (χ4v) is 2.53. The number of methoxy groups -OCH3 is 1. The number of hydrogen-bond acceptors (Lipinski definition) is 4. The Hall–Kier alpha value is -3.28. The quantitative estimate of drug-likeness (QED) is 0.740. The van der Waals surface area contributed by atoms with Gasteiger partial charge in [0, 0.05) is 12.1 Å². The lowest BCUT2D eigenvalue weighted by molar-refractivity contribution is -0.121. The molecule has 3 aromatic rings. The molecule has 0 aliphatic rings. The Morgan fingerprint density at radius 3 is 2.69 bits per heavy atom. The van der Waals surface area contributed by atoms with Gasteiger partial charge in [-0.15, -0.1) is 0 Å². The van der Waals surface area contributed by atoms with Gasteiger partial charge in [-0.2, -0.15) is 0 Å². The van der Waals surface area contributed by atoms with Crippen LogP contribution in [0.2, 0.25) is 0 Å². The van der Waals surface area contributed by atoms with Crippen LogP contribution in [0.4, 0.5) is 0 Å². The number of rotatable bonds is 6. The number of nitrogens with zero attached hydrogens (tertiary/aromatic N) is 1. The number of hydrogen-bond donors (Lipinski definition) is 1. The minimum absolute atomic E-state index is 0.0990. The van der Waals surface area contributed by atoms with Gasteiger partial charge >= 0.3 is 5.76 Å². The van der Waals surface area contributed by atoms with Crippen LogP contribution in [0.1, 0.15) is 11.1 Å². The number of benzene rings is 2. The summed E-state index contributed by atoms with van der Waals surface area (Å²) >= 11 is 0. The zero-order chi connectivity index (χ0) is 18.5. The molecule has 1 heterocycles. The first-order chi connectivity index (χ1) is 12.5. The van der Waals surface area contributed by atoms with Gasteiger partial charge < -0.3 is 14.5 Å². The summed E-state index contributed by atoms with van der Waals surface area (Å²) in [5.74, 6) is 0.337. The molecule has 0 saturated heterocycles. The van der Waals surface area contributed by atoms with E-state index in [4.69, 9.17) is 9.15 Å². The van der Waals surface area contributed by atoms with E-state index in [-0.39, 0.29) is 12.5 Å². The highest BCUT2D eigenvalue weighted by Crippen LogP contribution is 2.18. The molecule has 0 atom stereocenters. The Kier molecular flexibility index (Phi) is 5.22. The molecule has 2 aromatic carbocycles. The van der Waals surface area contributed by atoms with Crippen molar-refractivity contribution in [3.05, 3.63) is 76.4 Å². The summed E-state index contributed by atoms with van der Waals surface area (Å²) < 4.78 is 11.7. The first kappa shape index (κ1) is 17.5. The van der Waals surface area contributed by atoms with Gasteiger partial charge in [0.2, 0.25) is 5.91 Å². The summed E-state index contributed by atoms with van der Waals surface area (Å²) in [5.41, 5.74) is 2.83. The Morgan fingerprint density at radius 1 is 1.19 bits per heavy atom. The topological polar surface area (TPSA) is 73.5 Å². The van der Waals surface area contributed by atoms with Gasteiger partial charge in [-0.25, -0.2) is 4.79 Å². The second-order valence-corrected chi connectivity index (χ2v) is 5.98. The fraction of sp³-hybridized carbons (Fsp3) is 0.200. The highest BCUT2D eigenvalue weighted by Gasteiger charge is 2.11. The summed E-state index contributed by atoms with van der Waals surface area (Å²) in [7, 11) is 1.59. The minimum Gasteiger partial charge on any atom is -0.497 e. The normalized spacial score (nSPS) is 10.5. The number of amides is 1. The maximum absolute atomic E-state index is 12.1. The van der Waals surface area contributed by atoms with Crippen LogP contribution in [0, 0.1) is 6.92 Å². The lowest BCUT2D eigenvalue weighted by atomic mass is 10.1. The molecule has 6 heteroatoms. The molecular weight excluding hydrogens is 332 g/mol. The lowest BCUT2D eigenvalue weighted by Gasteiger charge is -2.06. The number of oxazole rings is 1. The molecule has 0 radical (unpaired) electrons. The maximum Gasteiger partial charge on any atom is 0.419 e. The van der Waals surface area contributed by atoms with E-state index in [0.29, 0.717) is 12.3 Å². The molecule has 134 valence electrons. The second kappa shape index (κ2) is 7.74. The van der Waals surface area contributed by atoms with Gasteiger partial charge in [-0.3, -0.25) is 9.36 Å². The van der Waals surface area contributed by atoms with Crippen LogP contribution in [-0.4, -0.2) is 17.6 Å². The van der Waals surface area contributed by atoms with Crippen molar-refractivity contribution in [2.45, 2.75) is 20.0 Å². The molecule has 1 aromatic heterocycles. The van der Waals surface area contributed by atoms with Crippen LogP contribution < -0.4 is 15.8 Å². The first-order valence-electron chi connectivity index (χ1n) is 8.22. The number of aromatic nitrogens is 1. The third-order valence-corrected chi connectivity index (χ3v) is 3.98. The average molecular weight is 352 g/mol. The van der Waals surface area contributed by atoms with Gasteiger partial charge in [0.05, 0.1) is 13.3 Å². The molecular formula is C20H20N2O4. The second-order valence-electron chi connectivity index (χ2n) is 5.98. The molecule has 6 nitrogen and oxygen atoms in total. The monoisotopic (exact) mass is 352 g/mol. The highest BCUT2D eigenvalue weighted by atomic mass is 16.5. The van der Waals surface area contributed by atoms with E-state index in [1.807, 2.05) is 55.5 Å². The van der Waals surface area contributed by atoms with Crippen LogP contribution >= 0.6 is 0 Å². The van der Waals surface area contributed by atoms with Crippen molar-refractivity contribution in [1.82, 2.24) is 9.88 Å². The average Bonchev–Trinajstić information content (AvgIpc) is 3.01. The van der Waals surface area contributed by atoms with Crippen LogP contribution in [0.3, 0.4) is 0 Å². The van der Waals surface area contributed by atoms with Crippen LogP contribution in [0.15, 0.2) is 63.9 Å². The van der Waals surface area contributed by atoms with Crippen molar-refractivity contribution >= 4 is 5.91 Å². The predicted octanol–water partition coefficient (Wildman–Crippen LogP) is 2.74. The molecule has 1 N–H and O–H groups in total. The van der Waals surface area contributed by atoms with Gasteiger partial charge in [0.25, 0.3) is 0 Å². The van der Waals surface area contributed by atoms with Crippen molar-refractivity contribution in [2.24, 2.45) is 0 Å². The number of aryl methyl sites for hydroxylation is 1. The third kappa shape index (κ3) is 4.22. The molecule has 0 unspecified atom stereocenters. The van der Waals surface area contributed by atoms with Crippen molar-refractivity contribution in [3.63, 3.8) is 0 Å². The molecule has 3 rings (SSSR count). The van der Waals surface area contributed by atoms with E-state index >= 15 is 0 Å². The first-order valence-corrected chi connectivity index (χ1v) is 8.22. The molecule has 0 aliphatic carbocycles. The third-order valence-electron chi connectivity index (χ3n) is 3.98. The molecule has 0 spiro atoms. The van der Waals surface area contributed by atoms with Crippen molar-refractivity contribution in [2.75, 3.05) is 7.11 Å². The zero-order valence-corrected chi connectivity index (χ0v) is 14.7. The van der Waals surface area contributed by atoms with E-state index in [9.17, 15) is 9.59 Å². The number of carbonyl (C=O) groups is 1. The summed E-state index contributed by atoms with van der Waals surface area (Å²) in [6.07, 6.45) is 1.55. The van der Waals surface area contributed by atoms with Crippen LogP contribution in [0.25, 0.3) is 11.3 Å². The Labute approximate surface area is 151 Å². The van der Waals surface area contributed by atoms with Crippen molar-refractivity contribution in [1.29, 1.82) is 0 Å². The number of nitrogens with one attached hydrogen (secondary N) is 1. The van der Waals surface area contributed by atoms with Crippen LogP contribution in [-0.2, 0) is 17.9 Å². The number of ether oxygens (including phenoxy) is 1. The summed E-state index contributed by atoms with van der Waals surface area (Å²) in [6.45, 7) is 2.24. The van der Waals surface area contributed by atoms with Gasteiger partial charge in [-0.05, 0) is 24.6 Å². The smallest absolute Gasteiger partial charge is 0.419 e. The van der Waals surface area contributed by atoms with E-state index in [0.717, 1.165) is 22.4 Å². The minimum atomic E-state index is -0.558. The number of carbonyl (C=O) groups excluding carboxylic acids is 1. The SMILES string of the molecule is COc1cccc(CNC(=O)Cn2cc(-c3ccc(C)cc3)oc2=O)c1. The molecule has 26 heavy (non-hydrogen) atoms. The van der Waals surface area contributed by atoms with Gasteiger partial charge in [0.15, 0.2) is 5.76 Å². The van der Waals surface area contributed by atoms with E-state index in [2.05, 4.69) is 5.32 Å². The summed E-state index contributed by atoms with van der Waals surface area (Å²) in [5, 5.41) is 2.79. The molecule has 1 amide bonds. The fourth-order valence-electron chi connectivity index (χ4n) is 2.53. The van der Waals surface area contributed by atoms with Gasteiger partial charge in [-0.1, -0.05) is 42.0 Å². The standard InChI is InChI=1S/C20H20N2O4/c1-14-6-8-16(9-7-14)18-12-22(20(24)26-18)13-19(23)21-11-15-4-3-5-17(10-15)25-2/h3-10,12H,11,13H2,1-2H3,(H,21,23). The van der Waals surface area contributed by atoms with E-state index in [1.165, 1.54) is 4.57 Å². The Morgan fingerprint density at radius 2 is 1.96 bits per heavy atom. The summed E-state index contributed by atoms with van der Waals surface area (Å²) in [6, 6.07) is 15.1. The summed E-state index contributed by atoms with van der Waals surface area (Å²) in [4.78, 5) is 24.1. The largest absolute Gasteiger partial charge is 0.497 e. The van der Waals surface area contributed by atoms with Crippen LogP contribution in [0.5, 0.6) is 5.75 Å².